The first-order chi connectivity index (χ1) is 9.26. The van der Waals surface area contributed by atoms with Crippen molar-refractivity contribution >= 4 is 0 Å². The van der Waals surface area contributed by atoms with E-state index in [1.807, 2.05) is 18.5 Å². The SMILES string of the molecule is OC1CCOC2(CCN(Cc3cccnc3)CC2)C1. The largest absolute Gasteiger partial charge is 0.393 e. The molecule has 4 nitrogen and oxygen atoms in total. The quantitative estimate of drug-likeness (QED) is 0.879. The first-order valence-corrected chi connectivity index (χ1v) is 7.19. The number of aliphatic hydroxyl groups is 1. The number of nitrogens with zero attached hydrogens (tertiary/aromatic N) is 2. The zero-order valence-corrected chi connectivity index (χ0v) is 11.3. The Morgan fingerprint density at radius 2 is 2.26 bits per heavy atom. The summed E-state index contributed by atoms with van der Waals surface area (Å²) in [5, 5.41) is 9.83. The number of rotatable bonds is 2. The predicted octanol–water partition coefficient (Wildman–Crippen LogP) is 1.59. The van der Waals surface area contributed by atoms with E-state index in [0.29, 0.717) is 6.61 Å². The van der Waals surface area contributed by atoms with E-state index in [9.17, 15) is 5.11 Å². The summed E-state index contributed by atoms with van der Waals surface area (Å²) in [6.45, 7) is 3.76. The van der Waals surface area contributed by atoms with E-state index in [1.165, 1.54) is 5.56 Å². The topological polar surface area (TPSA) is 45.6 Å². The molecule has 1 aromatic heterocycles. The van der Waals surface area contributed by atoms with Crippen molar-refractivity contribution in [2.24, 2.45) is 0 Å². The van der Waals surface area contributed by atoms with Crippen LogP contribution in [0.1, 0.15) is 31.2 Å². The van der Waals surface area contributed by atoms with E-state index in [-0.39, 0.29) is 11.7 Å². The van der Waals surface area contributed by atoms with Gasteiger partial charge in [-0.2, -0.15) is 0 Å². The third-order valence-corrected chi connectivity index (χ3v) is 4.36. The van der Waals surface area contributed by atoms with E-state index in [2.05, 4.69) is 16.0 Å². The van der Waals surface area contributed by atoms with Gasteiger partial charge < -0.3 is 9.84 Å². The minimum atomic E-state index is -0.168. The Morgan fingerprint density at radius 3 is 2.95 bits per heavy atom. The third kappa shape index (κ3) is 3.14. The zero-order chi connectivity index (χ0) is 13.1. The summed E-state index contributed by atoms with van der Waals surface area (Å²) in [5.41, 5.74) is 1.21. The molecule has 2 aliphatic heterocycles. The Hall–Kier alpha value is -0.970. The minimum Gasteiger partial charge on any atom is -0.393 e. The first kappa shape index (κ1) is 13.0. The normalized spacial score (nSPS) is 27.5. The lowest BCUT2D eigenvalue weighted by Crippen LogP contribution is -2.50. The van der Waals surface area contributed by atoms with Gasteiger partial charge in [-0.15, -0.1) is 0 Å². The van der Waals surface area contributed by atoms with Gasteiger partial charge in [0.15, 0.2) is 0 Å². The molecule has 0 saturated carbocycles. The molecule has 2 fully saturated rings. The maximum absolute atomic E-state index is 9.83. The van der Waals surface area contributed by atoms with Crippen molar-refractivity contribution in [3.05, 3.63) is 30.1 Å². The molecule has 0 aliphatic carbocycles. The number of piperidine rings is 1. The number of hydrogen-bond acceptors (Lipinski definition) is 4. The van der Waals surface area contributed by atoms with Crippen LogP contribution in [0.3, 0.4) is 0 Å². The van der Waals surface area contributed by atoms with Gasteiger partial charge in [0.2, 0.25) is 0 Å². The lowest BCUT2D eigenvalue weighted by atomic mass is 9.83. The molecule has 1 atom stereocenters. The molecule has 104 valence electrons. The van der Waals surface area contributed by atoms with Crippen LogP contribution in [0.25, 0.3) is 0 Å². The highest BCUT2D eigenvalue weighted by atomic mass is 16.5. The number of likely N-dealkylation sites (tertiary alicyclic amines) is 1. The second-order valence-electron chi connectivity index (χ2n) is 5.82. The minimum absolute atomic E-state index is 0.0525. The molecule has 1 spiro atoms. The number of aliphatic hydroxyl groups excluding tert-OH is 1. The fourth-order valence-electron chi connectivity index (χ4n) is 3.22. The van der Waals surface area contributed by atoms with Crippen LogP contribution < -0.4 is 0 Å². The molecule has 19 heavy (non-hydrogen) atoms. The van der Waals surface area contributed by atoms with Crippen LogP contribution in [-0.4, -0.2) is 46.4 Å². The van der Waals surface area contributed by atoms with Gasteiger partial charge in [0.25, 0.3) is 0 Å². The fraction of sp³-hybridized carbons (Fsp3) is 0.667. The summed E-state index contributed by atoms with van der Waals surface area (Å²) < 4.78 is 5.98. The molecule has 0 aromatic carbocycles. The van der Waals surface area contributed by atoms with Gasteiger partial charge in [0, 0.05) is 45.1 Å². The lowest BCUT2D eigenvalue weighted by Gasteiger charge is -2.45. The van der Waals surface area contributed by atoms with Crippen molar-refractivity contribution in [3.63, 3.8) is 0 Å². The van der Waals surface area contributed by atoms with Crippen LogP contribution in [0, 0.1) is 0 Å². The Kier molecular flexibility index (Phi) is 3.82. The first-order valence-electron chi connectivity index (χ1n) is 7.19. The lowest BCUT2D eigenvalue weighted by molar-refractivity contribution is -0.143. The summed E-state index contributed by atoms with van der Waals surface area (Å²) in [7, 11) is 0. The van der Waals surface area contributed by atoms with Crippen molar-refractivity contribution < 1.29 is 9.84 Å². The molecule has 0 amide bonds. The van der Waals surface area contributed by atoms with E-state index < -0.39 is 0 Å². The van der Waals surface area contributed by atoms with Crippen LogP contribution in [-0.2, 0) is 11.3 Å². The van der Waals surface area contributed by atoms with Crippen molar-refractivity contribution in [1.82, 2.24) is 9.88 Å². The molecule has 3 heterocycles. The maximum atomic E-state index is 9.83. The molecule has 1 aromatic rings. The van der Waals surface area contributed by atoms with Crippen molar-refractivity contribution in [1.29, 1.82) is 0 Å². The molecule has 1 N–H and O–H groups in total. The maximum Gasteiger partial charge on any atom is 0.0731 e. The van der Waals surface area contributed by atoms with E-state index in [4.69, 9.17) is 4.74 Å². The third-order valence-electron chi connectivity index (χ3n) is 4.36. The fourth-order valence-corrected chi connectivity index (χ4v) is 3.22. The Bertz CT molecular complexity index is 402. The van der Waals surface area contributed by atoms with Gasteiger partial charge >= 0.3 is 0 Å². The summed E-state index contributed by atoms with van der Waals surface area (Å²) in [5.74, 6) is 0. The summed E-state index contributed by atoms with van der Waals surface area (Å²) in [6, 6.07) is 4.11. The van der Waals surface area contributed by atoms with Gasteiger partial charge in [-0.05, 0) is 30.9 Å². The number of ether oxygens (including phenoxy) is 1. The van der Waals surface area contributed by atoms with Crippen LogP contribution in [0.2, 0.25) is 0 Å². The molecule has 2 aliphatic rings. The van der Waals surface area contributed by atoms with E-state index in [1.54, 1.807) is 0 Å². The summed E-state index contributed by atoms with van der Waals surface area (Å²) in [4.78, 5) is 6.61. The van der Waals surface area contributed by atoms with Crippen LogP contribution >= 0.6 is 0 Å². The number of pyridine rings is 1. The summed E-state index contributed by atoms with van der Waals surface area (Å²) in [6.07, 6.45) is 7.25. The Labute approximate surface area is 114 Å². The molecule has 4 heteroatoms. The van der Waals surface area contributed by atoms with Crippen molar-refractivity contribution in [3.8, 4) is 0 Å². The van der Waals surface area contributed by atoms with Crippen LogP contribution in [0.4, 0.5) is 0 Å². The smallest absolute Gasteiger partial charge is 0.0731 e. The molecule has 0 bridgehead atoms. The van der Waals surface area contributed by atoms with E-state index >= 15 is 0 Å². The van der Waals surface area contributed by atoms with Gasteiger partial charge in [-0.25, -0.2) is 0 Å². The zero-order valence-electron chi connectivity index (χ0n) is 11.3. The van der Waals surface area contributed by atoms with Crippen molar-refractivity contribution in [2.45, 2.75) is 43.9 Å². The summed E-state index contributed by atoms with van der Waals surface area (Å²) >= 11 is 0. The molecule has 2 saturated heterocycles. The number of aromatic nitrogens is 1. The van der Waals surface area contributed by atoms with Gasteiger partial charge in [-0.1, -0.05) is 6.07 Å². The molecule has 3 rings (SSSR count). The van der Waals surface area contributed by atoms with Crippen LogP contribution in [0.15, 0.2) is 24.5 Å². The molecular formula is C15H22N2O2. The van der Waals surface area contributed by atoms with Crippen LogP contribution in [0.5, 0.6) is 0 Å². The highest BCUT2D eigenvalue weighted by Crippen LogP contribution is 2.35. The van der Waals surface area contributed by atoms with E-state index in [0.717, 1.165) is 45.3 Å². The Morgan fingerprint density at radius 1 is 1.42 bits per heavy atom. The predicted molar refractivity (Wildman–Crippen MR) is 72.7 cm³/mol. The van der Waals surface area contributed by atoms with Gasteiger partial charge in [0.05, 0.1) is 11.7 Å². The van der Waals surface area contributed by atoms with Crippen molar-refractivity contribution in [2.75, 3.05) is 19.7 Å². The average molecular weight is 262 g/mol. The standard InChI is InChI=1S/C15H22N2O2/c18-14-3-9-19-15(10-14)4-7-17(8-5-15)12-13-2-1-6-16-11-13/h1-2,6,11,14,18H,3-5,7-10,12H2. The Balaban J connectivity index is 1.54. The monoisotopic (exact) mass is 262 g/mol. The highest BCUT2D eigenvalue weighted by Gasteiger charge is 2.39. The second kappa shape index (κ2) is 5.57. The highest BCUT2D eigenvalue weighted by molar-refractivity contribution is 5.08. The molecule has 1 unspecified atom stereocenters. The molecular weight excluding hydrogens is 240 g/mol. The molecule has 0 radical (unpaired) electrons. The average Bonchev–Trinajstić information content (AvgIpc) is 2.43. The second-order valence-corrected chi connectivity index (χ2v) is 5.82. The van der Waals surface area contributed by atoms with Gasteiger partial charge in [0.1, 0.15) is 0 Å². The van der Waals surface area contributed by atoms with Gasteiger partial charge in [-0.3, -0.25) is 9.88 Å². The number of hydrogen-bond donors (Lipinski definition) is 1.